The molecule has 0 aliphatic carbocycles. The lowest BCUT2D eigenvalue weighted by Crippen LogP contribution is -2.12. The maximum Gasteiger partial charge on any atom is 0.411 e. The van der Waals surface area contributed by atoms with E-state index in [-0.39, 0.29) is 0 Å². The molecule has 3 N–H and O–H groups in total. The van der Waals surface area contributed by atoms with Gasteiger partial charge in [0.2, 0.25) is 0 Å². The predicted molar refractivity (Wildman–Crippen MR) is 57.0 cm³/mol. The van der Waals surface area contributed by atoms with Crippen LogP contribution in [0.3, 0.4) is 0 Å². The van der Waals surface area contributed by atoms with Crippen LogP contribution in [-0.4, -0.2) is 26.4 Å². The molecule has 0 bridgehead atoms. The summed E-state index contributed by atoms with van der Waals surface area (Å²) in [6.45, 7) is 0.899. The Labute approximate surface area is 88.2 Å². The molecule has 0 fully saturated rings. The van der Waals surface area contributed by atoms with Gasteiger partial charge >= 0.3 is 6.09 Å². The summed E-state index contributed by atoms with van der Waals surface area (Å²) in [7, 11) is 1.31. The molecule has 1 aromatic carbocycles. The molecule has 0 heterocycles. The van der Waals surface area contributed by atoms with Crippen LogP contribution in [0, 0.1) is 0 Å². The van der Waals surface area contributed by atoms with Crippen molar-refractivity contribution in [1.29, 1.82) is 0 Å². The van der Waals surface area contributed by atoms with Gasteiger partial charge in [-0.2, -0.15) is 0 Å². The molecule has 5 nitrogen and oxygen atoms in total. The Balaban J connectivity index is 2.61. The molecule has 0 radical (unpaired) electrons. The standard InChI is InChI=1S/C10H14N2O3/c1-14-10(13)12-8-3-2-4-9(7-8)15-6-5-11/h2-4,7H,5-6,11H2,1H3,(H,12,13). The van der Waals surface area contributed by atoms with E-state index in [9.17, 15) is 4.79 Å². The van der Waals surface area contributed by atoms with Gasteiger partial charge in [0.25, 0.3) is 0 Å². The molecule has 0 atom stereocenters. The third-order valence-electron chi connectivity index (χ3n) is 1.65. The van der Waals surface area contributed by atoms with Crippen molar-refractivity contribution in [1.82, 2.24) is 0 Å². The molecule has 0 unspecified atom stereocenters. The van der Waals surface area contributed by atoms with Gasteiger partial charge in [-0.1, -0.05) is 6.07 Å². The van der Waals surface area contributed by atoms with E-state index in [4.69, 9.17) is 10.5 Å². The maximum absolute atomic E-state index is 10.9. The normalized spacial score (nSPS) is 9.47. The molecule has 1 amide bonds. The number of ether oxygens (including phenoxy) is 2. The number of carbonyl (C=O) groups excluding carboxylic acids is 1. The Hall–Kier alpha value is -1.75. The van der Waals surface area contributed by atoms with Gasteiger partial charge in [0.15, 0.2) is 0 Å². The van der Waals surface area contributed by atoms with Gasteiger partial charge in [0.1, 0.15) is 12.4 Å². The first-order valence-corrected chi connectivity index (χ1v) is 4.54. The molecule has 1 rings (SSSR count). The number of carbonyl (C=O) groups is 1. The summed E-state index contributed by atoms with van der Waals surface area (Å²) in [5, 5.41) is 2.54. The van der Waals surface area contributed by atoms with Gasteiger partial charge < -0.3 is 15.2 Å². The van der Waals surface area contributed by atoms with E-state index in [0.717, 1.165) is 0 Å². The summed E-state index contributed by atoms with van der Waals surface area (Å²) in [4.78, 5) is 10.9. The minimum Gasteiger partial charge on any atom is -0.492 e. The van der Waals surface area contributed by atoms with E-state index in [1.54, 1.807) is 24.3 Å². The van der Waals surface area contributed by atoms with Crippen LogP contribution in [0.2, 0.25) is 0 Å². The SMILES string of the molecule is COC(=O)Nc1cccc(OCCN)c1. The van der Waals surface area contributed by atoms with Gasteiger partial charge in [0, 0.05) is 18.3 Å². The highest BCUT2D eigenvalue weighted by Crippen LogP contribution is 2.17. The molecule has 0 aliphatic rings. The molecule has 0 saturated carbocycles. The van der Waals surface area contributed by atoms with Crippen LogP contribution >= 0.6 is 0 Å². The van der Waals surface area contributed by atoms with E-state index in [1.807, 2.05) is 0 Å². The molecule has 15 heavy (non-hydrogen) atoms. The van der Waals surface area contributed by atoms with Crippen molar-refractivity contribution in [3.63, 3.8) is 0 Å². The smallest absolute Gasteiger partial charge is 0.411 e. The molecule has 0 aromatic heterocycles. The topological polar surface area (TPSA) is 73.6 Å². The van der Waals surface area contributed by atoms with Crippen molar-refractivity contribution >= 4 is 11.8 Å². The highest BCUT2D eigenvalue weighted by molar-refractivity contribution is 5.84. The molecular formula is C10H14N2O3. The van der Waals surface area contributed by atoms with Crippen LogP contribution < -0.4 is 15.8 Å². The highest BCUT2D eigenvalue weighted by atomic mass is 16.5. The number of hydrogen-bond acceptors (Lipinski definition) is 4. The van der Waals surface area contributed by atoms with Crippen molar-refractivity contribution < 1.29 is 14.3 Å². The van der Waals surface area contributed by atoms with E-state index in [2.05, 4.69) is 10.1 Å². The van der Waals surface area contributed by atoms with Crippen LogP contribution in [0.5, 0.6) is 5.75 Å². The number of nitrogens with one attached hydrogen (secondary N) is 1. The number of hydrogen-bond donors (Lipinski definition) is 2. The fourth-order valence-corrected chi connectivity index (χ4v) is 1.01. The van der Waals surface area contributed by atoms with E-state index in [1.165, 1.54) is 7.11 Å². The monoisotopic (exact) mass is 210 g/mol. The zero-order valence-electron chi connectivity index (χ0n) is 8.53. The predicted octanol–water partition coefficient (Wildman–Crippen LogP) is 1.20. The summed E-state index contributed by atoms with van der Waals surface area (Å²) in [5.41, 5.74) is 5.92. The van der Waals surface area contributed by atoms with Crippen LogP contribution in [0.25, 0.3) is 0 Å². The second-order valence-electron chi connectivity index (χ2n) is 2.78. The first-order valence-electron chi connectivity index (χ1n) is 4.54. The lowest BCUT2D eigenvalue weighted by molar-refractivity contribution is 0.187. The van der Waals surface area contributed by atoms with E-state index < -0.39 is 6.09 Å². The first kappa shape index (κ1) is 11.3. The summed E-state index contributed by atoms with van der Waals surface area (Å²) in [5.74, 6) is 0.661. The van der Waals surface area contributed by atoms with Crippen LogP contribution in [0.4, 0.5) is 10.5 Å². The maximum atomic E-state index is 10.9. The molecule has 0 aliphatic heterocycles. The van der Waals surface area contributed by atoms with Gasteiger partial charge in [0.05, 0.1) is 7.11 Å². The van der Waals surface area contributed by atoms with Crippen molar-refractivity contribution in [3.8, 4) is 5.75 Å². The molecule has 1 aromatic rings. The Bertz CT molecular complexity index is 328. The molecule has 0 spiro atoms. The van der Waals surface area contributed by atoms with Crippen molar-refractivity contribution in [3.05, 3.63) is 24.3 Å². The number of rotatable bonds is 4. The number of benzene rings is 1. The lowest BCUT2D eigenvalue weighted by Gasteiger charge is -2.07. The third kappa shape index (κ3) is 3.86. The second-order valence-corrected chi connectivity index (χ2v) is 2.78. The molecular weight excluding hydrogens is 196 g/mol. The Morgan fingerprint density at radius 3 is 3.00 bits per heavy atom. The number of nitrogens with two attached hydrogens (primary N) is 1. The first-order chi connectivity index (χ1) is 7.26. The zero-order valence-corrected chi connectivity index (χ0v) is 8.53. The summed E-state index contributed by atoms with van der Waals surface area (Å²) in [6.07, 6.45) is -0.508. The van der Waals surface area contributed by atoms with Crippen molar-refractivity contribution in [2.45, 2.75) is 0 Å². The average molecular weight is 210 g/mol. The fourth-order valence-electron chi connectivity index (χ4n) is 1.01. The van der Waals surface area contributed by atoms with Crippen molar-refractivity contribution in [2.24, 2.45) is 5.73 Å². The third-order valence-corrected chi connectivity index (χ3v) is 1.65. The van der Waals surface area contributed by atoms with Gasteiger partial charge in [-0.3, -0.25) is 5.32 Å². The highest BCUT2D eigenvalue weighted by Gasteiger charge is 2.01. The van der Waals surface area contributed by atoms with Crippen LogP contribution in [0.1, 0.15) is 0 Å². The van der Waals surface area contributed by atoms with Gasteiger partial charge in [-0.15, -0.1) is 0 Å². The Morgan fingerprint density at radius 1 is 1.53 bits per heavy atom. The molecule has 0 saturated heterocycles. The Morgan fingerprint density at radius 2 is 2.33 bits per heavy atom. The van der Waals surface area contributed by atoms with E-state index in [0.29, 0.717) is 24.6 Å². The van der Waals surface area contributed by atoms with Crippen LogP contribution in [-0.2, 0) is 4.74 Å². The quantitative estimate of drug-likeness (QED) is 0.783. The van der Waals surface area contributed by atoms with Crippen LogP contribution in [0.15, 0.2) is 24.3 Å². The van der Waals surface area contributed by atoms with E-state index >= 15 is 0 Å². The minimum absolute atomic E-state index is 0.446. The second kappa shape index (κ2) is 5.87. The summed E-state index contributed by atoms with van der Waals surface area (Å²) < 4.78 is 9.76. The number of methoxy groups -OCH3 is 1. The largest absolute Gasteiger partial charge is 0.492 e. The number of amides is 1. The molecule has 5 heteroatoms. The average Bonchev–Trinajstić information content (AvgIpc) is 2.26. The summed E-state index contributed by atoms with van der Waals surface area (Å²) >= 11 is 0. The van der Waals surface area contributed by atoms with Gasteiger partial charge in [-0.25, -0.2) is 4.79 Å². The van der Waals surface area contributed by atoms with Gasteiger partial charge in [-0.05, 0) is 12.1 Å². The minimum atomic E-state index is -0.508. The lowest BCUT2D eigenvalue weighted by atomic mass is 10.3. The van der Waals surface area contributed by atoms with Crippen molar-refractivity contribution in [2.75, 3.05) is 25.6 Å². The fraction of sp³-hybridized carbons (Fsp3) is 0.300. The Kier molecular flexibility index (Phi) is 4.43. The number of anilines is 1. The summed E-state index contributed by atoms with van der Waals surface area (Å²) in [6, 6.07) is 7.01. The molecule has 82 valence electrons. The zero-order chi connectivity index (χ0) is 11.1.